The number of unbranched alkanes of at least 4 members (excludes halogenated alkanes) is 12. The monoisotopic (exact) mass is 475 g/mol. The van der Waals surface area contributed by atoms with Crippen molar-refractivity contribution in [2.24, 2.45) is 5.73 Å². The third kappa shape index (κ3) is 15.4. The fraction of sp³-hybridized carbons (Fsp3) is 0.667. The van der Waals surface area contributed by atoms with Crippen LogP contribution in [0.5, 0.6) is 0 Å². The van der Waals surface area contributed by atoms with E-state index in [0.29, 0.717) is 18.7 Å². The van der Waals surface area contributed by atoms with Gasteiger partial charge in [-0.05, 0) is 18.6 Å². The minimum atomic E-state index is -0.608. The van der Waals surface area contributed by atoms with E-state index in [1.54, 1.807) is 24.3 Å². The molecule has 0 atom stereocenters. The molecule has 0 saturated carbocycles. The van der Waals surface area contributed by atoms with Crippen molar-refractivity contribution in [1.82, 2.24) is 5.32 Å². The Labute approximate surface area is 205 Å². The summed E-state index contributed by atoms with van der Waals surface area (Å²) in [5, 5.41) is 5.42. The van der Waals surface area contributed by atoms with Gasteiger partial charge >= 0.3 is 0 Å². The Morgan fingerprint density at radius 3 is 1.94 bits per heavy atom. The minimum absolute atomic E-state index is 0.0199. The molecule has 0 saturated heterocycles. The number of nitrogens with one attached hydrogen (secondary N) is 2. The number of para-hydroxylation sites is 1. The zero-order chi connectivity index (χ0) is 24.9. The smallest absolute Gasteiger partial charge is 0.250 e. The molecule has 34 heavy (non-hydrogen) atoms. The first-order valence-electron chi connectivity index (χ1n) is 13.1. The van der Waals surface area contributed by atoms with E-state index < -0.39 is 5.91 Å². The number of hydrogen-bond donors (Lipinski definition) is 3. The fourth-order valence-electron chi connectivity index (χ4n) is 3.81. The van der Waals surface area contributed by atoms with Crippen LogP contribution in [0.15, 0.2) is 24.3 Å². The van der Waals surface area contributed by atoms with Gasteiger partial charge in [0, 0.05) is 13.0 Å². The first kappa shape index (κ1) is 29.6. The van der Waals surface area contributed by atoms with E-state index in [1.807, 2.05) is 0 Å². The predicted octanol–water partition coefficient (Wildman–Crippen LogP) is 5.34. The van der Waals surface area contributed by atoms with E-state index in [-0.39, 0.29) is 30.6 Å². The van der Waals surface area contributed by atoms with Gasteiger partial charge in [0.25, 0.3) is 5.91 Å². The molecule has 0 aliphatic carbocycles. The van der Waals surface area contributed by atoms with E-state index in [9.17, 15) is 14.4 Å². The average molecular weight is 476 g/mol. The number of primary amides is 1. The number of benzene rings is 1. The van der Waals surface area contributed by atoms with Crippen LogP contribution >= 0.6 is 0 Å². The van der Waals surface area contributed by atoms with Gasteiger partial charge in [0.05, 0.1) is 17.9 Å². The number of anilines is 1. The van der Waals surface area contributed by atoms with Gasteiger partial charge in [0.1, 0.15) is 6.61 Å². The van der Waals surface area contributed by atoms with Crippen molar-refractivity contribution < 1.29 is 19.1 Å². The average Bonchev–Trinajstić information content (AvgIpc) is 2.82. The molecular weight excluding hydrogens is 430 g/mol. The SMILES string of the molecule is CCCCCCCCCCCCCCCC(=O)NCCOCC(=O)Nc1ccccc1C(N)=O. The van der Waals surface area contributed by atoms with Crippen molar-refractivity contribution in [2.75, 3.05) is 25.1 Å². The highest BCUT2D eigenvalue weighted by Gasteiger charge is 2.10. The molecule has 1 aromatic carbocycles. The standard InChI is InChI=1S/C27H45N3O4/c1-2-3-4-5-6-7-8-9-10-11-12-13-14-19-25(31)29-20-21-34-22-26(32)30-24-18-16-15-17-23(24)27(28)33/h15-18H,2-14,19-22H2,1H3,(H2,28,33)(H,29,31)(H,30,32). The molecule has 7 nitrogen and oxygen atoms in total. The lowest BCUT2D eigenvalue weighted by Gasteiger charge is -2.09. The van der Waals surface area contributed by atoms with E-state index in [1.165, 1.54) is 70.6 Å². The third-order valence-corrected chi connectivity index (χ3v) is 5.78. The highest BCUT2D eigenvalue weighted by molar-refractivity contribution is 6.03. The largest absolute Gasteiger partial charge is 0.370 e. The second kappa shape index (κ2) is 20.0. The summed E-state index contributed by atoms with van der Waals surface area (Å²) in [5.74, 6) is -0.971. The predicted molar refractivity (Wildman–Crippen MR) is 138 cm³/mol. The van der Waals surface area contributed by atoms with Gasteiger partial charge in [-0.1, -0.05) is 96.1 Å². The molecule has 0 spiro atoms. The summed E-state index contributed by atoms with van der Waals surface area (Å²) in [6.07, 6.45) is 17.2. The zero-order valence-electron chi connectivity index (χ0n) is 21.0. The van der Waals surface area contributed by atoms with Crippen molar-refractivity contribution in [1.29, 1.82) is 0 Å². The lowest BCUT2D eigenvalue weighted by atomic mass is 10.0. The summed E-state index contributed by atoms with van der Waals surface area (Å²) >= 11 is 0. The maximum Gasteiger partial charge on any atom is 0.250 e. The second-order valence-electron chi connectivity index (χ2n) is 8.85. The maximum absolute atomic E-state index is 12.0. The van der Waals surface area contributed by atoms with Crippen LogP contribution in [0.1, 0.15) is 107 Å². The van der Waals surface area contributed by atoms with E-state index in [4.69, 9.17) is 10.5 Å². The van der Waals surface area contributed by atoms with Crippen LogP contribution in [0.25, 0.3) is 0 Å². The highest BCUT2D eigenvalue weighted by atomic mass is 16.5. The lowest BCUT2D eigenvalue weighted by molar-refractivity contribution is -0.121. The molecule has 192 valence electrons. The Morgan fingerprint density at radius 2 is 1.35 bits per heavy atom. The number of rotatable bonds is 21. The normalized spacial score (nSPS) is 10.7. The summed E-state index contributed by atoms with van der Waals surface area (Å²) in [6.45, 7) is 2.70. The number of ether oxygens (including phenoxy) is 1. The van der Waals surface area contributed by atoms with Gasteiger partial charge in [-0.15, -0.1) is 0 Å². The van der Waals surface area contributed by atoms with Crippen LogP contribution in [-0.4, -0.2) is 37.5 Å². The molecular formula is C27H45N3O4. The number of carbonyl (C=O) groups is 3. The Hall–Kier alpha value is -2.41. The molecule has 0 heterocycles. The van der Waals surface area contributed by atoms with E-state index >= 15 is 0 Å². The van der Waals surface area contributed by atoms with Gasteiger partial charge in [-0.3, -0.25) is 14.4 Å². The molecule has 0 aromatic heterocycles. The summed E-state index contributed by atoms with van der Waals surface area (Å²) in [5.41, 5.74) is 5.90. The molecule has 7 heteroatoms. The highest BCUT2D eigenvalue weighted by Crippen LogP contribution is 2.14. The van der Waals surface area contributed by atoms with Crippen LogP contribution < -0.4 is 16.4 Å². The van der Waals surface area contributed by atoms with E-state index in [2.05, 4.69) is 17.6 Å². The Morgan fingerprint density at radius 1 is 0.794 bits per heavy atom. The number of carbonyl (C=O) groups excluding carboxylic acids is 3. The van der Waals surface area contributed by atoms with Crippen molar-refractivity contribution >= 4 is 23.4 Å². The maximum atomic E-state index is 12.0. The Balaban J connectivity index is 1.92. The number of amides is 3. The fourth-order valence-corrected chi connectivity index (χ4v) is 3.81. The molecule has 0 fully saturated rings. The van der Waals surface area contributed by atoms with Gasteiger partial charge < -0.3 is 21.1 Å². The summed E-state index contributed by atoms with van der Waals surface area (Å²) < 4.78 is 5.30. The molecule has 3 amide bonds. The van der Waals surface area contributed by atoms with Crippen molar-refractivity contribution in [3.05, 3.63) is 29.8 Å². The summed E-state index contributed by atoms with van der Waals surface area (Å²) in [6, 6.07) is 6.53. The molecule has 4 N–H and O–H groups in total. The van der Waals surface area contributed by atoms with Crippen molar-refractivity contribution in [3.63, 3.8) is 0 Å². The van der Waals surface area contributed by atoms with Crippen LogP contribution in [0.4, 0.5) is 5.69 Å². The van der Waals surface area contributed by atoms with Gasteiger partial charge in [-0.25, -0.2) is 0 Å². The molecule has 0 aliphatic heterocycles. The minimum Gasteiger partial charge on any atom is -0.370 e. The van der Waals surface area contributed by atoms with Crippen molar-refractivity contribution in [3.8, 4) is 0 Å². The zero-order valence-corrected chi connectivity index (χ0v) is 21.0. The molecule has 0 radical (unpaired) electrons. The molecule has 0 bridgehead atoms. The molecule has 0 unspecified atom stereocenters. The quantitative estimate of drug-likeness (QED) is 0.208. The van der Waals surface area contributed by atoms with Crippen LogP contribution in [0.3, 0.4) is 0 Å². The topological polar surface area (TPSA) is 111 Å². The first-order chi connectivity index (χ1) is 16.5. The first-order valence-corrected chi connectivity index (χ1v) is 13.1. The number of hydrogen-bond acceptors (Lipinski definition) is 4. The van der Waals surface area contributed by atoms with E-state index in [0.717, 1.165) is 12.8 Å². The summed E-state index contributed by atoms with van der Waals surface area (Å²) in [7, 11) is 0. The van der Waals surface area contributed by atoms with Crippen LogP contribution in [-0.2, 0) is 14.3 Å². The Bertz CT molecular complexity index is 709. The van der Waals surface area contributed by atoms with Crippen molar-refractivity contribution in [2.45, 2.75) is 96.8 Å². The molecule has 1 aromatic rings. The third-order valence-electron chi connectivity index (χ3n) is 5.78. The second-order valence-corrected chi connectivity index (χ2v) is 8.85. The summed E-state index contributed by atoms with van der Waals surface area (Å²) in [4.78, 5) is 35.2. The van der Waals surface area contributed by atoms with Gasteiger partial charge in [-0.2, -0.15) is 0 Å². The van der Waals surface area contributed by atoms with Crippen LogP contribution in [0, 0.1) is 0 Å². The number of nitrogens with two attached hydrogens (primary N) is 1. The van der Waals surface area contributed by atoms with Gasteiger partial charge in [0.15, 0.2) is 0 Å². The molecule has 0 aliphatic rings. The lowest BCUT2D eigenvalue weighted by Crippen LogP contribution is -2.28. The van der Waals surface area contributed by atoms with Gasteiger partial charge in [0.2, 0.25) is 11.8 Å². The molecule has 1 rings (SSSR count). The van der Waals surface area contributed by atoms with Crippen LogP contribution in [0.2, 0.25) is 0 Å². The Kier molecular flexibility index (Phi) is 17.4.